The van der Waals surface area contributed by atoms with Gasteiger partial charge in [0.2, 0.25) is 0 Å². The molecular weight excluding hydrogens is 276 g/mol. The second-order valence-electron chi connectivity index (χ2n) is 4.73. The Kier molecular flexibility index (Phi) is 8.94. The standard InChI is InChI=1S/C16H25F2NO2/c1-3-10-19-14(9-11-20-12-16(17)18)13-7-5-6-8-15(13)21-4-2/h5-8,14,16,19H,3-4,9-12H2,1-2H3. The summed E-state index contributed by atoms with van der Waals surface area (Å²) < 4.78 is 34.8. The topological polar surface area (TPSA) is 30.5 Å². The molecule has 1 N–H and O–H groups in total. The van der Waals surface area contributed by atoms with Gasteiger partial charge in [0.25, 0.3) is 6.43 Å². The van der Waals surface area contributed by atoms with Gasteiger partial charge >= 0.3 is 0 Å². The monoisotopic (exact) mass is 301 g/mol. The van der Waals surface area contributed by atoms with E-state index in [9.17, 15) is 8.78 Å². The molecule has 0 saturated heterocycles. The zero-order valence-electron chi connectivity index (χ0n) is 12.8. The molecule has 1 aromatic carbocycles. The first kappa shape index (κ1) is 17.9. The molecule has 0 radical (unpaired) electrons. The van der Waals surface area contributed by atoms with Crippen molar-refractivity contribution in [2.45, 2.75) is 39.2 Å². The molecular formula is C16H25F2NO2. The van der Waals surface area contributed by atoms with Crippen LogP contribution in [0.5, 0.6) is 5.75 Å². The van der Waals surface area contributed by atoms with Gasteiger partial charge in [-0.15, -0.1) is 0 Å². The number of benzene rings is 1. The highest BCUT2D eigenvalue weighted by atomic mass is 19.3. The third-order valence-corrected chi connectivity index (χ3v) is 3.03. The maximum absolute atomic E-state index is 12.1. The fourth-order valence-electron chi connectivity index (χ4n) is 2.12. The van der Waals surface area contributed by atoms with E-state index in [4.69, 9.17) is 9.47 Å². The van der Waals surface area contributed by atoms with Gasteiger partial charge in [-0.05, 0) is 32.4 Å². The molecule has 5 heteroatoms. The minimum atomic E-state index is -2.41. The number of halogens is 2. The highest BCUT2D eigenvalue weighted by Gasteiger charge is 2.15. The molecule has 0 aromatic heterocycles. The van der Waals surface area contributed by atoms with Crippen LogP contribution in [0.1, 0.15) is 38.3 Å². The molecule has 0 aliphatic carbocycles. The third kappa shape index (κ3) is 6.87. The molecule has 3 nitrogen and oxygen atoms in total. The van der Waals surface area contributed by atoms with Crippen LogP contribution in [-0.4, -0.2) is 32.8 Å². The van der Waals surface area contributed by atoms with Crippen LogP contribution < -0.4 is 10.1 Å². The first-order valence-electron chi connectivity index (χ1n) is 7.50. The van der Waals surface area contributed by atoms with Crippen molar-refractivity contribution >= 4 is 0 Å². The predicted octanol–water partition coefficient (Wildman–Crippen LogP) is 3.80. The van der Waals surface area contributed by atoms with Crippen LogP contribution in [0.15, 0.2) is 24.3 Å². The third-order valence-electron chi connectivity index (χ3n) is 3.03. The highest BCUT2D eigenvalue weighted by molar-refractivity contribution is 5.36. The van der Waals surface area contributed by atoms with Crippen LogP contribution in [0.2, 0.25) is 0 Å². The van der Waals surface area contributed by atoms with Crippen molar-refractivity contribution in [1.29, 1.82) is 0 Å². The number of alkyl halides is 2. The Bertz CT molecular complexity index is 388. The van der Waals surface area contributed by atoms with Gasteiger partial charge in [0, 0.05) is 18.2 Å². The number of ether oxygens (including phenoxy) is 2. The Hall–Kier alpha value is -1.20. The summed E-state index contributed by atoms with van der Waals surface area (Å²) in [5.74, 6) is 0.836. The van der Waals surface area contributed by atoms with Crippen molar-refractivity contribution in [2.24, 2.45) is 0 Å². The first-order valence-corrected chi connectivity index (χ1v) is 7.50. The number of rotatable bonds is 11. The maximum Gasteiger partial charge on any atom is 0.261 e. The lowest BCUT2D eigenvalue weighted by Crippen LogP contribution is -2.24. The van der Waals surface area contributed by atoms with Crippen molar-refractivity contribution in [2.75, 3.05) is 26.4 Å². The van der Waals surface area contributed by atoms with Crippen LogP contribution in [0, 0.1) is 0 Å². The molecule has 0 spiro atoms. The molecule has 0 aliphatic heterocycles. The Morgan fingerprint density at radius 3 is 2.62 bits per heavy atom. The van der Waals surface area contributed by atoms with Gasteiger partial charge in [0.15, 0.2) is 0 Å². The molecule has 0 bridgehead atoms. The largest absolute Gasteiger partial charge is 0.494 e. The number of nitrogens with one attached hydrogen (secondary N) is 1. The molecule has 0 aliphatic rings. The molecule has 120 valence electrons. The fourth-order valence-corrected chi connectivity index (χ4v) is 2.12. The van der Waals surface area contributed by atoms with Crippen LogP contribution in [0.4, 0.5) is 8.78 Å². The van der Waals surface area contributed by atoms with E-state index in [-0.39, 0.29) is 6.04 Å². The smallest absolute Gasteiger partial charge is 0.261 e. The summed E-state index contributed by atoms with van der Waals surface area (Å²) in [5, 5.41) is 3.43. The molecule has 1 unspecified atom stereocenters. The molecule has 0 fully saturated rings. The Morgan fingerprint density at radius 2 is 1.95 bits per heavy atom. The van der Waals surface area contributed by atoms with E-state index in [0.29, 0.717) is 19.6 Å². The second-order valence-corrected chi connectivity index (χ2v) is 4.73. The van der Waals surface area contributed by atoms with E-state index in [1.165, 1.54) is 0 Å². The van der Waals surface area contributed by atoms with E-state index < -0.39 is 13.0 Å². The average Bonchev–Trinajstić information content (AvgIpc) is 2.47. The van der Waals surface area contributed by atoms with E-state index in [1.807, 2.05) is 31.2 Å². The van der Waals surface area contributed by atoms with Gasteiger partial charge in [-0.1, -0.05) is 25.1 Å². The van der Waals surface area contributed by atoms with Crippen molar-refractivity contribution in [3.63, 3.8) is 0 Å². The first-order chi connectivity index (χ1) is 10.2. The summed E-state index contributed by atoms with van der Waals surface area (Å²) in [4.78, 5) is 0. The van der Waals surface area contributed by atoms with Crippen molar-refractivity contribution in [3.8, 4) is 5.75 Å². The summed E-state index contributed by atoms with van der Waals surface area (Å²) in [6, 6.07) is 7.87. The number of hydrogen-bond donors (Lipinski definition) is 1. The minimum absolute atomic E-state index is 0.0466. The van der Waals surface area contributed by atoms with Gasteiger partial charge < -0.3 is 14.8 Å². The average molecular weight is 301 g/mol. The molecule has 0 amide bonds. The van der Waals surface area contributed by atoms with Crippen molar-refractivity contribution < 1.29 is 18.3 Å². The summed E-state index contributed by atoms with van der Waals surface area (Å²) in [6.07, 6.45) is -0.773. The van der Waals surface area contributed by atoms with E-state index in [2.05, 4.69) is 12.2 Å². The van der Waals surface area contributed by atoms with Gasteiger partial charge in [0.1, 0.15) is 12.4 Å². The summed E-state index contributed by atoms with van der Waals surface area (Å²) in [6.45, 7) is 5.28. The molecule has 0 saturated carbocycles. The number of hydrogen-bond acceptors (Lipinski definition) is 3. The Balaban J connectivity index is 2.67. The number of para-hydroxylation sites is 1. The molecule has 0 heterocycles. The highest BCUT2D eigenvalue weighted by Crippen LogP contribution is 2.27. The molecule has 1 aromatic rings. The second kappa shape index (κ2) is 10.5. The summed E-state index contributed by atoms with van der Waals surface area (Å²) >= 11 is 0. The lowest BCUT2D eigenvalue weighted by molar-refractivity contribution is 0.0143. The zero-order valence-corrected chi connectivity index (χ0v) is 12.8. The van der Waals surface area contributed by atoms with E-state index in [1.54, 1.807) is 0 Å². The Labute approximate surface area is 125 Å². The molecule has 21 heavy (non-hydrogen) atoms. The summed E-state index contributed by atoms with van der Waals surface area (Å²) in [5.41, 5.74) is 1.05. The molecule has 1 rings (SSSR count). The maximum atomic E-state index is 12.1. The van der Waals surface area contributed by atoms with Crippen molar-refractivity contribution in [3.05, 3.63) is 29.8 Å². The minimum Gasteiger partial charge on any atom is -0.494 e. The van der Waals surface area contributed by atoms with E-state index in [0.717, 1.165) is 24.3 Å². The lowest BCUT2D eigenvalue weighted by Gasteiger charge is -2.21. The van der Waals surface area contributed by atoms with Crippen molar-refractivity contribution in [1.82, 2.24) is 5.32 Å². The quantitative estimate of drug-likeness (QED) is 0.631. The van der Waals surface area contributed by atoms with Gasteiger partial charge in [-0.3, -0.25) is 0 Å². The predicted molar refractivity (Wildman–Crippen MR) is 80.1 cm³/mol. The van der Waals surface area contributed by atoms with Gasteiger partial charge in [-0.2, -0.15) is 0 Å². The Morgan fingerprint density at radius 1 is 1.19 bits per heavy atom. The van der Waals surface area contributed by atoms with Crippen LogP contribution in [0.25, 0.3) is 0 Å². The van der Waals surface area contributed by atoms with Gasteiger partial charge in [0.05, 0.1) is 6.61 Å². The molecule has 1 atom stereocenters. The van der Waals surface area contributed by atoms with Crippen LogP contribution in [0.3, 0.4) is 0 Å². The van der Waals surface area contributed by atoms with E-state index >= 15 is 0 Å². The lowest BCUT2D eigenvalue weighted by atomic mass is 10.0. The van der Waals surface area contributed by atoms with Crippen LogP contribution >= 0.6 is 0 Å². The fraction of sp³-hybridized carbons (Fsp3) is 0.625. The summed E-state index contributed by atoms with van der Waals surface area (Å²) in [7, 11) is 0. The zero-order chi connectivity index (χ0) is 15.5. The normalized spacial score (nSPS) is 12.6. The van der Waals surface area contributed by atoms with Gasteiger partial charge in [-0.25, -0.2) is 8.78 Å². The SMILES string of the molecule is CCCNC(CCOCC(F)F)c1ccccc1OCC. The van der Waals surface area contributed by atoms with Crippen LogP contribution in [-0.2, 0) is 4.74 Å².